The van der Waals surface area contributed by atoms with Crippen LogP contribution in [0.3, 0.4) is 0 Å². The molecule has 5 nitrogen and oxygen atoms in total. The highest BCUT2D eigenvalue weighted by atomic mass is 19.1. The molecule has 2 heterocycles. The molecule has 0 aliphatic carbocycles. The Kier molecular flexibility index (Phi) is 4.20. The number of benzene rings is 1. The van der Waals surface area contributed by atoms with Crippen LogP contribution in [0, 0.1) is 12.7 Å². The van der Waals surface area contributed by atoms with Gasteiger partial charge in [-0.05, 0) is 31.0 Å². The van der Waals surface area contributed by atoms with Gasteiger partial charge in [0.1, 0.15) is 5.82 Å². The van der Waals surface area contributed by atoms with E-state index in [9.17, 15) is 9.18 Å². The molecule has 1 aliphatic rings. The van der Waals surface area contributed by atoms with Crippen LogP contribution in [-0.4, -0.2) is 28.9 Å². The Hall–Kier alpha value is -2.21. The minimum atomic E-state index is -0.286. The quantitative estimate of drug-likeness (QED) is 0.942. The second-order valence-corrected chi connectivity index (χ2v) is 5.43. The van der Waals surface area contributed by atoms with Gasteiger partial charge in [0.05, 0.1) is 23.9 Å². The van der Waals surface area contributed by atoms with Crippen molar-refractivity contribution < 1.29 is 13.9 Å². The number of carbonyl (C=O) groups excluding carboxylic acids is 1. The van der Waals surface area contributed by atoms with E-state index in [-0.39, 0.29) is 17.8 Å². The molecule has 1 N–H and O–H groups in total. The summed E-state index contributed by atoms with van der Waals surface area (Å²) in [6.07, 6.45) is 2.69. The molecule has 1 aromatic heterocycles. The lowest BCUT2D eigenvalue weighted by Gasteiger charge is -2.07. The summed E-state index contributed by atoms with van der Waals surface area (Å²) in [6.45, 7) is 3.54. The van der Waals surface area contributed by atoms with E-state index in [2.05, 4.69) is 10.4 Å². The topological polar surface area (TPSA) is 56.2 Å². The molecular weight excluding hydrogens is 285 g/mol. The highest BCUT2D eigenvalue weighted by Gasteiger charge is 2.21. The van der Waals surface area contributed by atoms with Gasteiger partial charge >= 0.3 is 0 Å². The van der Waals surface area contributed by atoms with E-state index in [1.807, 2.05) is 11.6 Å². The van der Waals surface area contributed by atoms with Crippen molar-refractivity contribution in [2.24, 2.45) is 0 Å². The van der Waals surface area contributed by atoms with Crippen LogP contribution in [0.15, 0.2) is 30.5 Å². The third kappa shape index (κ3) is 3.17. The Balaban J connectivity index is 1.65. The van der Waals surface area contributed by atoms with Crippen molar-refractivity contribution in [3.05, 3.63) is 53.1 Å². The summed E-state index contributed by atoms with van der Waals surface area (Å²) < 4.78 is 20.0. The first-order valence-electron chi connectivity index (χ1n) is 7.29. The molecule has 0 saturated carbocycles. The summed E-state index contributed by atoms with van der Waals surface area (Å²) in [5.41, 5.74) is 2.11. The smallest absolute Gasteiger partial charge is 0.255 e. The predicted molar refractivity (Wildman–Crippen MR) is 79.0 cm³/mol. The van der Waals surface area contributed by atoms with Crippen molar-refractivity contribution in [3.8, 4) is 0 Å². The molecule has 2 aromatic rings. The molecule has 6 heteroatoms. The summed E-state index contributed by atoms with van der Waals surface area (Å²) in [5, 5.41) is 7.24. The second kappa shape index (κ2) is 6.27. The van der Waals surface area contributed by atoms with E-state index in [0.29, 0.717) is 24.4 Å². The first-order valence-corrected chi connectivity index (χ1v) is 7.29. The van der Waals surface area contributed by atoms with Gasteiger partial charge in [-0.25, -0.2) is 4.39 Å². The third-order valence-electron chi connectivity index (χ3n) is 3.81. The number of carbonyl (C=O) groups is 1. The minimum absolute atomic E-state index is 0.174. The Morgan fingerprint density at radius 3 is 2.91 bits per heavy atom. The van der Waals surface area contributed by atoms with Gasteiger partial charge in [0.2, 0.25) is 0 Å². The van der Waals surface area contributed by atoms with Crippen LogP contribution in [-0.2, 0) is 11.3 Å². The van der Waals surface area contributed by atoms with Crippen molar-refractivity contribution in [1.82, 2.24) is 15.1 Å². The molecule has 116 valence electrons. The molecule has 1 atom stereocenters. The van der Waals surface area contributed by atoms with Gasteiger partial charge in [-0.2, -0.15) is 5.10 Å². The predicted octanol–water partition coefficient (Wildman–Crippen LogP) is 2.22. The Morgan fingerprint density at radius 2 is 2.23 bits per heavy atom. The number of hydrogen-bond donors (Lipinski definition) is 1. The summed E-state index contributed by atoms with van der Waals surface area (Å²) in [6, 6.07) is 6.27. The average Bonchev–Trinajstić information content (AvgIpc) is 3.15. The van der Waals surface area contributed by atoms with Gasteiger partial charge in [-0.15, -0.1) is 0 Å². The van der Waals surface area contributed by atoms with E-state index in [1.54, 1.807) is 18.3 Å². The average molecular weight is 303 g/mol. The monoisotopic (exact) mass is 303 g/mol. The molecule has 1 amide bonds. The van der Waals surface area contributed by atoms with Crippen molar-refractivity contribution >= 4 is 5.91 Å². The van der Waals surface area contributed by atoms with E-state index in [1.165, 1.54) is 12.1 Å². The molecule has 0 radical (unpaired) electrons. The lowest BCUT2D eigenvalue weighted by atomic mass is 10.2. The fourth-order valence-corrected chi connectivity index (χ4v) is 2.50. The number of nitrogens with zero attached hydrogens (tertiary/aromatic N) is 2. The molecule has 22 heavy (non-hydrogen) atoms. The molecule has 0 spiro atoms. The Labute approximate surface area is 128 Å². The minimum Gasteiger partial charge on any atom is -0.379 e. The van der Waals surface area contributed by atoms with Gasteiger partial charge in [0.15, 0.2) is 0 Å². The van der Waals surface area contributed by atoms with Crippen molar-refractivity contribution in [2.75, 3.05) is 13.2 Å². The Morgan fingerprint density at radius 1 is 1.45 bits per heavy atom. The number of rotatable bonds is 4. The van der Waals surface area contributed by atoms with Gasteiger partial charge in [0.25, 0.3) is 5.91 Å². The molecule has 1 fully saturated rings. The highest BCUT2D eigenvalue weighted by Crippen LogP contribution is 2.19. The highest BCUT2D eigenvalue weighted by molar-refractivity contribution is 5.94. The van der Waals surface area contributed by atoms with Crippen molar-refractivity contribution in [1.29, 1.82) is 0 Å². The zero-order valence-corrected chi connectivity index (χ0v) is 12.4. The molecular formula is C16H18FN3O2. The molecule has 1 unspecified atom stereocenters. The molecule has 1 aliphatic heterocycles. The van der Waals surface area contributed by atoms with Crippen molar-refractivity contribution in [3.63, 3.8) is 0 Å². The van der Waals surface area contributed by atoms with Gasteiger partial charge < -0.3 is 10.1 Å². The summed E-state index contributed by atoms with van der Waals surface area (Å²) in [5.74, 6) is -0.460. The summed E-state index contributed by atoms with van der Waals surface area (Å²) >= 11 is 0. The van der Waals surface area contributed by atoms with E-state index >= 15 is 0 Å². The maximum absolute atomic E-state index is 12.8. The third-order valence-corrected chi connectivity index (χ3v) is 3.81. The van der Waals surface area contributed by atoms with Crippen LogP contribution in [0.5, 0.6) is 0 Å². The molecule has 1 saturated heterocycles. The van der Waals surface area contributed by atoms with Crippen LogP contribution in [0.1, 0.15) is 34.1 Å². The van der Waals surface area contributed by atoms with E-state index < -0.39 is 0 Å². The molecule has 3 rings (SSSR count). The number of aryl methyl sites for hydroxylation is 1. The lowest BCUT2D eigenvalue weighted by molar-refractivity contribution is 0.0950. The Bertz CT molecular complexity index is 661. The second-order valence-electron chi connectivity index (χ2n) is 5.43. The SMILES string of the molecule is Cc1nn(C2CCOC2)cc1C(=O)NCc1ccc(F)cc1. The maximum Gasteiger partial charge on any atom is 0.255 e. The van der Waals surface area contributed by atoms with Crippen LogP contribution >= 0.6 is 0 Å². The van der Waals surface area contributed by atoms with E-state index in [0.717, 1.165) is 18.6 Å². The summed E-state index contributed by atoms with van der Waals surface area (Å²) in [7, 11) is 0. The molecule has 0 bridgehead atoms. The largest absolute Gasteiger partial charge is 0.379 e. The number of hydrogen-bond acceptors (Lipinski definition) is 3. The van der Waals surface area contributed by atoms with Gasteiger partial charge in [-0.3, -0.25) is 9.48 Å². The zero-order chi connectivity index (χ0) is 15.5. The first kappa shape index (κ1) is 14.7. The fourth-order valence-electron chi connectivity index (χ4n) is 2.50. The van der Waals surface area contributed by atoms with E-state index in [4.69, 9.17) is 4.74 Å². The lowest BCUT2D eigenvalue weighted by Crippen LogP contribution is -2.23. The van der Waals surface area contributed by atoms with Crippen LogP contribution in [0.25, 0.3) is 0 Å². The van der Waals surface area contributed by atoms with Crippen molar-refractivity contribution in [2.45, 2.75) is 25.9 Å². The first-order chi connectivity index (χ1) is 10.6. The standard InChI is InChI=1S/C16H18FN3O2/c1-11-15(9-20(19-11)14-6-7-22-10-14)16(21)18-8-12-2-4-13(17)5-3-12/h2-5,9,14H,6-8,10H2,1H3,(H,18,21). The number of amides is 1. The number of nitrogens with one attached hydrogen (secondary N) is 1. The normalized spacial score (nSPS) is 17.6. The summed E-state index contributed by atoms with van der Waals surface area (Å²) in [4.78, 5) is 12.3. The van der Waals surface area contributed by atoms with Crippen LogP contribution in [0.4, 0.5) is 4.39 Å². The van der Waals surface area contributed by atoms with Crippen LogP contribution in [0.2, 0.25) is 0 Å². The van der Waals surface area contributed by atoms with Gasteiger partial charge in [-0.1, -0.05) is 12.1 Å². The van der Waals surface area contributed by atoms with Crippen LogP contribution < -0.4 is 5.32 Å². The van der Waals surface area contributed by atoms with Gasteiger partial charge in [0, 0.05) is 19.3 Å². The number of ether oxygens (including phenoxy) is 1. The maximum atomic E-state index is 12.8. The number of halogens is 1. The number of aromatic nitrogens is 2. The molecule has 1 aromatic carbocycles. The fraction of sp³-hybridized carbons (Fsp3) is 0.375. The zero-order valence-electron chi connectivity index (χ0n) is 12.4.